The topological polar surface area (TPSA) is 24.3 Å². The summed E-state index contributed by atoms with van der Waals surface area (Å²) in [6.07, 6.45) is -0.384. The molecule has 30 heavy (non-hydrogen) atoms. The molecule has 0 amide bonds. The molecule has 0 aliphatic carbocycles. The molecular weight excluding hydrogens is 389 g/mol. The van der Waals surface area contributed by atoms with Gasteiger partial charge in [0.2, 0.25) is 5.95 Å². The Balaban J connectivity index is 2.14. The summed E-state index contributed by atoms with van der Waals surface area (Å²) < 4.78 is 43.6. The van der Waals surface area contributed by atoms with Gasteiger partial charge in [0.15, 0.2) is 5.69 Å². The Labute approximate surface area is 176 Å². The number of fused-ring (bicyclic) bond motifs is 1. The van der Waals surface area contributed by atoms with Gasteiger partial charge in [-0.25, -0.2) is 4.98 Å². The van der Waals surface area contributed by atoms with Crippen molar-refractivity contribution >= 4 is 11.6 Å². The van der Waals surface area contributed by atoms with Crippen molar-refractivity contribution in [2.24, 2.45) is 0 Å². The van der Waals surface area contributed by atoms with Crippen molar-refractivity contribution in [1.82, 2.24) is 14.5 Å². The molecule has 0 atom stereocenters. The Kier molecular flexibility index (Phi) is 6.41. The van der Waals surface area contributed by atoms with Crippen molar-refractivity contribution in [1.29, 1.82) is 0 Å². The van der Waals surface area contributed by atoms with E-state index < -0.39 is 11.9 Å². The second-order valence-corrected chi connectivity index (χ2v) is 7.88. The first-order valence-corrected chi connectivity index (χ1v) is 10.1. The van der Waals surface area contributed by atoms with Crippen molar-refractivity contribution in [3.8, 4) is 0 Å². The lowest BCUT2D eigenvalue weighted by Gasteiger charge is -2.32. The minimum absolute atomic E-state index is 0.138. The molecule has 162 valence electrons. The van der Waals surface area contributed by atoms with E-state index in [-0.39, 0.29) is 12.2 Å². The summed E-state index contributed by atoms with van der Waals surface area (Å²) in [4.78, 5) is 7.96. The van der Waals surface area contributed by atoms with Crippen molar-refractivity contribution in [3.05, 3.63) is 65.5 Å². The number of rotatable bonds is 7. The van der Waals surface area contributed by atoms with Crippen LogP contribution < -0.4 is 4.90 Å². The largest absolute Gasteiger partial charge is 0.435 e. The Hall–Kier alpha value is -2.54. The molecule has 0 N–H and O–H groups in total. The van der Waals surface area contributed by atoms with Crippen LogP contribution in [0, 0.1) is 20.8 Å². The molecule has 7 heteroatoms. The van der Waals surface area contributed by atoms with Crippen LogP contribution in [0.2, 0.25) is 0 Å². The molecule has 3 rings (SSSR count). The molecule has 0 bridgehead atoms. The average molecular weight is 419 g/mol. The number of hydrogen-bond acceptors (Lipinski definition) is 3. The Bertz CT molecular complexity index is 910. The van der Waals surface area contributed by atoms with E-state index in [4.69, 9.17) is 0 Å². The van der Waals surface area contributed by atoms with Gasteiger partial charge in [-0.2, -0.15) is 13.2 Å². The molecule has 0 spiro atoms. The van der Waals surface area contributed by atoms with Crippen molar-refractivity contribution in [2.45, 2.75) is 46.5 Å². The molecule has 1 aliphatic rings. The van der Waals surface area contributed by atoms with Crippen LogP contribution in [-0.4, -0.2) is 34.1 Å². The molecule has 1 aliphatic heterocycles. The lowest BCUT2D eigenvalue weighted by Crippen LogP contribution is -2.31. The molecule has 0 unspecified atom stereocenters. The number of benzene rings is 1. The Morgan fingerprint density at radius 2 is 1.67 bits per heavy atom. The molecule has 2 heterocycles. The summed E-state index contributed by atoms with van der Waals surface area (Å²) in [6.45, 7) is 15.7. The van der Waals surface area contributed by atoms with Crippen molar-refractivity contribution < 1.29 is 13.2 Å². The molecule has 1 aromatic heterocycles. The average Bonchev–Trinajstić information content (AvgIpc) is 3.01. The number of halogens is 3. The van der Waals surface area contributed by atoms with Gasteiger partial charge in [0, 0.05) is 38.4 Å². The number of aryl methyl sites for hydroxylation is 3. The Morgan fingerprint density at radius 3 is 2.20 bits per heavy atom. The summed E-state index contributed by atoms with van der Waals surface area (Å²) in [5, 5.41) is 0. The summed E-state index contributed by atoms with van der Waals surface area (Å²) in [7, 11) is 0. The van der Waals surface area contributed by atoms with Gasteiger partial charge in [-0.15, -0.1) is 13.2 Å². The standard InChI is InChI=1S/C23H29F3N4/c1-6-9-28(10-7-2)15-19-21(23(24,25)26)27-22-29(19)11-8-12-30(22)20-17(4)13-16(3)14-18(20)5/h6-7,13-14H,1-2,8-12,15H2,3-5H3. The number of nitrogens with zero attached hydrogens (tertiary/aromatic N) is 4. The normalized spacial score (nSPS) is 14.2. The molecule has 1 aromatic carbocycles. The van der Waals surface area contributed by atoms with E-state index >= 15 is 0 Å². The number of alkyl halides is 3. The van der Waals surface area contributed by atoms with Gasteiger partial charge in [-0.1, -0.05) is 29.8 Å². The highest BCUT2D eigenvalue weighted by molar-refractivity contribution is 5.68. The van der Waals surface area contributed by atoms with E-state index in [1.807, 2.05) is 30.6 Å². The van der Waals surface area contributed by atoms with Gasteiger partial charge < -0.3 is 9.47 Å². The van der Waals surface area contributed by atoms with Gasteiger partial charge in [-0.3, -0.25) is 4.90 Å². The van der Waals surface area contributed by atoms with Crippen molar-refractivity contribution in [2.75, 3.05) is 24.5 Å². The fourth-order valence-corrected chi connectivity index (χ4v) is 4.38. The van der Waals surface area contributed by atoms with Gasteiger partial charge in [0.25, 0.3) is 0 Å². The third-order valence-corrected chi connectivity index (χ3v) is 5.38. The van der Waals surface area contributed by atoms with Crippen LogP contribution >= 0.6 is 0 Å². The lowest BCUT2D eigenvalue weighted by molar-refractivity contribution is -0.141. The zero-order chi connectivity index (χ0) is 22.1. The first-order valence-electron chi connectivity index (χ1n) is 10.1. The number of aromatic nitrogens is 2. The van der Waals surface area contributed by atoms with Crippen LogP contribution in [0.5, 0.6) is 0 Å². The van der Waals surface area contributed by atoms with E-state index in [1.54, 1.807) is 16.7 Å². The zero-order valence-electron chi connectivity index (χ0n) is 17.9. The minimum Gasteiger partial charge on any atom is -0.312 e. The second kappa shape index (κ2) is 8.68. The van der Waals surface area contributed by atoms with Crippen LogP contribution in [0.4, 0.5) is 24.8 Å². The van der Waals surface area contributed by atoms with E-state index in [0.717, 1.165) is 28.8 Å². The highest BCUT2D eigenvalue weighted by atomic mass is 19.4. The molecule has 0 radical (unpaired) electrons. The van der Waals surface area contributed by atoms with E-state index in [0.29, 0.717) is 32.1 Å². The summed E-state index contributed by atoms with van der Waals surface area (Å²) in [5.41, 5.74) is 3.56. The van der Waals surface area contributed by atoms with Crippen LogP contribution in [-0.2, 0) is 19.3 Å². The zero-order valence-corrected chi connectivity index (χ0v) is 17.9. The first-order chi connectivity index (χ1) is 14.2. The van der Waals surface area contributed by atoms with Gasteiger partial charge in [-0.05, 0) is 38.3 Å². The molecule has 4 nitrogen and oxygen atoms in total. The number of anilines is 2. The number of hydrogen-bond donors (Lipinski definition) is 0. The fourth-order valence-electron chi connectivity index (χ4n) is 4.38. The van der Waals surface area contributed by atoms with E-state index in [1.165, 1.54) is 0 Å². The summed E-state index contributed by atoms with van der Waals surface area (Å²) >= 11 is 0. The van der Waals surface area contributed by atoms with Gasteiger partial charge >= 0.3 is 6.18 Å². The maximum absolute atomic E-state index is 13.9. The monoisotopic (exact) mass is 418 g/mol. The molecule has 0 fully saturated rings. The van der Waals surface area contributed by atoms with Crippen LogP contribution in [0.25, 0.3) is 0 Å². The SMILES string of the molecule is C=CCN(CC=C)Cc1c(C(F)(F)F)nc2n1CCCN2c1c(C)cc(C)cc1C. The highest BCUT2D eigenvalue weighted by Crippen LogP contribution is 2.40. The molecular formula is C23H29F3N4. The quantitative estimate of drug-likeness (QED) is 0.552. The van der Waals surface area contributed by atoms with Crippen LogP contribution in [0.1, 0.15) is 34.5 Å². The second-order valence-electron chi connectivity index (χ2n) is 7.88. The van der Waals surface area contributed by atoms with E-state index in [2.05, 4.69) is 30.3 Å². The number of imidazole rings is 1. The van der Waals surface area contributed by atoms with Gasteiger partial charge in [0.05, 0.1) is 5.69 Å². The predicted molar refractivity (Wildman–Crippen MR) is 115 cm³/mol. The van der Waals surface area contributed by atoms with Gasteiger partial charge in [0.1, 0.15) is 0 Å². The van der Waals surface area contributed by atoms with Crippen LogP contribution in [0.15, 0.2) is 37.4 Å². The maximum Gasteiger partial charge on any atom is 0.435 e. The minimum atomic E-state index is -4.52. The highest BCUT2D eigenvalue weighted by Gasteiger charge is 2.41. The predicted octanol–water partition coefficient (Wildman–Crippen LogP) is 5.54. The summed E-state index contributed by atoms with van der Waals surface area (Å²) in [6, 6.07) is 4.12. The Morgan fingerprint density at radius 1 is 1.07 bits per heavy atom. The third kappa shape index (κ3) is 4.31. The smallest absolute Gasteiger partial charge is 0.312 e. The molecule has 0 saturated heterocycles. The fraction of sp³-hybridized carbons (Fsp3) is 0.435. The third-order valence-electron chi connectivity index (χ3n) is 5.38. The molecule has 0 saturated carbocycles. The summed E-state index contributed by atoms with van der Waals surface area (Å²) in [5.74, 6) is 0.371. The maximum atomic E-state index is 13.9. The first kappa shape index (κ1) is 22.2. The van der Waals surface area contributed by atoms with Crippen LogP contribution in [0.3, 0.4) is 0 Å². The van der Waals surface area contributed by atoms with E-state index in [9.17, 15) is 13.2 Å². The molecule has 2 aromatic rings. The van der Waals surface area contributed by atoms with Crippen molar-refractivity contribution in [3.63, 3.8) is 0 Å². The lowest BCUT2D eigenvalue weighted by atomic mass is 10.0.